The maximum Gasteiger partial charge on any atom is 0.123 e. The largest absolute Gasteiger partial charge is 0.353 e. The van der Waals surface area contributed by atoms with Crippen LogP contribution in [0.5, 0.6) is 0 Å². The van der Waals surface area contributed by atoms with E-state index in [9.17, 15) is 0 Å². The highest BCUT2D eigenvalue weighted by molar-refractivity contribution is 5.30. The van der Waals surface area contributed by atoms with Gasteiger partial charge in [-0.1, -0.05) is 94.3 Å². The Labute approximate surface area is 178 Å². The molecule has 3 rings (SSSR count). The van der Waals surface area contributed by atoms with E-state index >= 15 is 0 Å². The van der Waals surface area contributed by atoms with Gasteiger partial charge in [0.2, 0.25) is 0 Å². The number of rotatable bonds is 11. The predicted octanol–water partition coefficient (Wildman–Crippen LogP) is 6.81. The van der Waals surface area contributed by atoms with E-state index in [0.717, 1.165) is 32.4 Å². The van der Waals surface area contributed by atoms with E-state index in [2.05, 4.69) is 104 Å². The lowest BCUT2D eigenvalue weighted by atomic mass is 9.78. The van der Waals surface area contributed by atoms with Crippen molar-refractivity contribution in [3.05, 3.63) is 84.2 Å². The molecular formula is C27H38N2. The van der Waals surface area contributed by atoms with Gasteiger partial charge >= 0.3 is 0 Å². The number of hydrogen-bond donors (Lipinski definition) is 0. The van der Waals surface area contributed by atoms with Crippen LogP contribution in [0.2, 0.25) is 0 Å². The summed E-state index contributed by atoms with van der Waals surface area (Å²) >= 11 is 0. The summed E-state index contributed by atoms with van der Waals surface area (Å²) in [6, 6.07) is 22.3. The molecule has 0 saturated carbocycles. The van der Waals surface area contributed by atoms with Crippen molar-refractivity contribution in [3.63, 3.8) is 0 Å². The van der Waals surface area contributed by atoms with E-state index in [1.807, 2.05) is 0 Å². The van der Waals surface area contributed by atoms with Crippen LogP contribution in [0.4, 0.5) is 0 Å². The molecule has 0 aromatic heterocycles. The van der Waals surface area contributed by atoms with Gasteiger partial charge in [0.05, 0.1) is 0 Å². The lowest BCUT2D eigenvalue weighted by Gasteiger charge is -2.51. The molecule has 0 saturated heterocycles. The van der Waals surface area contributed by atoms with E-state index < -0.39 is 0 Å². The fourth-order valence-corrected chi connectivity index (χ4v) is 5.03. The van der Waals surface area contributed by atoms with Gasteiger partial charge in [0.25, 0.3) is 0 Å². The van der Waals surface area contributed by atoms with E-state index in [1.165, 1.54) is 30.4 Å². The van der Waals surface area contributed by atoms with Gasteiger partial charge in [0, 0.05) is 37.8 Å². The minimum absolute atomic E-state index is 0.0405. The van der Waals surface area contributed by atoms with Crippen molar-refractivity contribution >= 4 is 0 Å². The molecule has 0 bridgehead atoms. The van der Waals surface area contributed by atoms with E-state index in [4.69, 9.17) is 0 Å². The normalized spacial score (nSPS) is 19.7. The van der Waals surface area contributed by atoms with Gasteiger partial charge in [0.15, 0.2) is 0 Å². The quantitative estimate of drug-likeness (QED) is 0.389. The summed E-state index contributed by atoms with van der Waals surface area (Å²) in [4.78, 5) is 5.32. The smallest absolute Gasteiger partial charge is 0.123 e. The summed E-state index contributed by atoms with van der Waals surface area (Å²) in [6.45, 7) is 9.16. The van der Waals surface area contributed by atoms with Crippen LogP contribution in [0, 0.1) is 0 Å². The van der Waals surface area contributed by atoms with Crippen molar-refractivity contribution in [2.45, 2.75) is 70.9 Å². The summed E-state index contributed by atoms with van der Waals surface area (Å²) in [5, 5.41) is 0. The van der Waals surface area contributed by atoms with Crippen LogP contribution in [0.3, 0.4) is 0 Å². The van der Waals surface area contributed by atoms with Gasteiger partial charge in [-0.25, -0.2) is 0 Å². The van der Waals surface area contributed by atoms with Crippen LogP contribution < -0.4 is 0 Å². The van der Waals surface area contributed by atoms with E-state index in [-0.39, 0.29) is 5.66 Å². The van der Waals surface area contributed by atoms with Crippen molar-refractivity contribution in [1.29, 1.82) is 0 Å². The molecule has 0 amide bonds. The molecule has 29 heavy (non-hydrogen) atoms. The van der Waals surface area contributed by atoms with Crippen LogP contribution in [0.1, 0.15) is 69.9 Å². The summed E-state index contributed by atoms with van der Waals surface area (Å²) in [6.07, 6.45) is 11.9. The highest BCUT2D eigenvalue weighted by Crippen LogP contribution is 2.45. The molecule has 0 N–H and O–H groups in total. The highest BCUT2D eigenvalue weighted by Gasteiger charge is 2.48. The summed E-state index contributed by atoms with van der Waals surface area (Å²) in [5.74, 6) is 0.451. The van der Waals surface area contributed by atoms with Crippen molar-refractivity contribution in [1.82, 2.24) is 9.80 Å². The minimum atomic E-state index is -0.0405. The molecule has 2 aromatic carbocycles. The van der Waals surface area contributed by atoms with Crippen LogP contribution in [0.25, 0.3) is 0 Å². The fraction of sp³-hybridized carbons (Fsp3) is 0.481. The second-order valence-corrected chi connectivity index (χ2v) is 8.30. The van der Waals surface area contributed by atoms with Crippen LogP contribution in [-0.4, -0.2) is 28.6 Å². The van der Waals surface area contributed by atoms with Gasteiger partial charge in [-0.3, -0.25) is 0 Å². The Morgan fingerprint density at radius 1 is 0.724 bits per heavy atom. The standard InChI is InChI=1S/C27H38N2/c1-4-7-14-20-29-22-21-28(19-5-2)27(29,23-24-15-10-8-11-16-24)26(6-3)25-17-12-9-13-18-25/h8-13,15-18,21-22,26H,4-7,14,19-20,23H2,1-3H3. The average Bonchev–Trinajstić information content (AvgIpc) is 3.08. The zero-order valence-corrected chi connectivity index (χ0v) is 18.6. The summed E-state index contributed by atoms with van der Waals surface area (Å²) in [7, 11) is 0. The monoisotopic (exact) mass is 390 g/mol. The Morgan fingerprint density at radius 2 is 1.34 bits per heavy atom. The highest BCUT2D eigenvalue weighted by atomic mass is 15.4. The summed E-state index contributed by atoms with van der Waals surface area (Å²) < 4.78 is 0. The number of benzene rings is 2. The Bertz CT molecular complexity index is 740. The Balaban J connectivity index is 2.06. The molecule has 156 valence electrons. The Hall–Kier alpha value is -2.22. The molecule has 0 aliphatic carbocycles. The van der Waals surface area contributed by atoms with Crippen molar-refractivity contribution in [2.75, 3.05) is 13.1 Å². The van der Waals surface area contributed by atoms with Gasteiger partial charge < -0.3 is 9.80 Å². The molecule has 2 heteroatoms. The lowest BCUT2D eigenvalue weighted by Crippen LogP contribution is -2.59. The third-order valence-electron chi connectivity index (χ3n) is 6.36. The fourth-order valence-electron chi connectivity index (χ4n) is 5.03. The first-order valence-electron chi connectivity index (χ1n) is 11.6. The van der Waals surface area contributed by atoms with E-state index in [1.54, 1.807) is 0 Å². The molecule has 0 fully saturated rings. The second-order valence-electron chi connectivity index (χ2n) is 8.30. The molecule has 1 heterocycles. The lowest BCUT2D eigenvalue weighted by molar-refractivity contribution is -0.00281. The topological polar surface area (TPSA) is 6.48 Å². The predicted molar refractivity (Wildman–Crippen MR) is 125 cm³/mol. The Morgan fingerprint density at radius 3 is 1.93 bits per heavy atom. The molecule has 2 unspecified atom stereocenters. The third-order valence-corrected chi connectivity index (χ3v) is 6.36. The first-order chi connectivity index (χ1) is 14.3. The molecule has 2 aromatic rings. The van der Waals surface area contributed by atoms with Crippen LogP contribution >= 0.6 is 0 Å². The second kappa shape index (κ2) is 10.5. The van der Waals surface area contributed by atoms with Crippen LogP contribution in [-0.2, 0) is 6.42 Å². The van der Waals surface area contributed by atoms with Crippen molar-refractivity contribution in [3.8, 4) is 0 Å². The van der Waals surface area contributed by atoms with Crippen molar-refractivity contribution < 1.29 is 0 Å². The Kier molecular flexibility index (Phi) is 7.80. The molecule has 2 nitrogen and oxygen atoms in total. The molecular weight excluding hydrogens is 352 g/mol. The third kappa shape index (κ3) is 4.69. The van der Waals surface area contributed by atoms with Gasteiger partial charge in [-0.2, -0.15) is 0 Å². The maximum absolute atomic E-state index is 2.67. The minimum Gasteiger partial charge on any atom is -0.353 e. The number of hydrogen-bond acceptors (Lipinski definition) is 2. The molecule has 1 aliphatic heterocycles. The van der Waals surface area contributed by atoms with E-state index in [0.29, 0.717) is 5.92 Å². The summed E-state index contributed by atoms with van der Waals surface area (Å²) in [5.41, 5.74) is 2.84. The van der Waals surface area contributed by atoms with Gasteiger partial charge in [0.1, 0.15) is 5.66 Å². The number of nitrogens with zero attached hydrogens (tertiary/aromatic N) is 2. The van der Waals surface area contributed by atoms with Gasteiger partial charge in [-0.05, 0) is 30.4 Å². The SMILES string of the molecule is CCCCCN1C=CN(CCC)C1(Cc1ccccc1)C(CC)c1ccccc1. The molecule has 0 radical (unpaired) electrons. The number of unbranched alkanes of at least 4 members (excludes halogenated alkanes) is 2. The molecule has 0 spiro atoms. The van der Waals surface area contributed by atoms with Crippen LogP contribution in [0.15, 0.2) is 73.1 Å². The first kappa shape index (κ1) is 21.5. The zero-order valence-electron chi connectivity index (χ0n) is 18.6. The maximum atomic E-state index is 2.67. The first-order valence-corrected chi connectivity index (χ1v) is 11.6. The zero-order chi connectivity index (χ0) is 20.5. The molecule has 2 atom stereocenters. The van der Waals surface area contributed by atoms with Crippen molar-refractivity contribution in [2.24, 2.45) is 0 Å². The van der Waals surface area contributed by atoms with Gasteiger partial charge in [-0.15, -0.1) is 0 Å². The average molecular weight is 391 g/mol. The molecule has 1 aliphatic rings.